The highest BCUT2D eigenvalue weighted by Gasteiger charge is 2.22. The molecule has 7 nitrogen and oxygen atoms in total. The van der Waals surface area contributed by atoms with Gasteiger partial charge >= 0.3 is 5.69 Å². The molecular weight excluding hydrogens is 406 g/mol. The summed E-state index contributed by atoms with van der Waals surface area (Å²) in [5.74, 6) is 0. The van der Waals surface area contributed by atoms with E-state index in [4.69, 9.17) is 4.74 Å². The summed E-state index contributed by atoms with van der Waals surface area (Å²) < 4.78 is 56.6. The molecule has 0 atom stereocenters. The summed E-state index contributed by atoms with van der Waals surface area (Å²) in [4.78, 5) is 23.0. The Balaban J connectivity index is 1.94. The number of fused-ring (bicyclic) bond motifs is 1. The Hall–Kier alpha value is -3.76. The van der Waals surface area contributed by atoms with E-state index in [0.29, 0.717) is 16.8 Å². The van der Waals surface area contributed by atoms with Crippen LogP contribution in [-0.2, 0) is 0 Å². The van der Waals surface area contributed by atoms with Gasteiger partial charge in [-0.3, -0.25) is 9.97 Å². The molecule has 1 N–H and O–H groups in total. The van der Waals surface area contributed by atoms with E-state index < -0.39 is 31.2 Å². The molecule has 0 bridgehead atoms. The van der Waals surface area contributed by atoms with Crippen LogP contribution in [0, 0.1) is 0 Å². The fraction of sp³-hybridized carbons (Fsp3) is 0.158. The second kappa shape index (κ2) is 7.93. The summed E-state index contributed by atoms with van der Waals surface area (Å²) in [6.45, 7) is -0.960. The molecule has 0 aliphatic heterocycles. The molecule has 11 heteroatoms. The van der Waals surface area contributed by atoms with Crippen LogP contribution < -0.4 is 10.4 Å². The predicted octanol–water partition coefficient (Wildman–Crippen LogP) is 3.73. The Morgan fingerprint density at radius 1 is 1.07 bits per heavy atom. The Morgan fingerprint density at radius 3 is 2.47 bits per heavy atom. The van der Waals surface area contributed by atoms with Crippen LogP contribution in [-0.4, -0.2) is 37.6 Å². The standard InChI is InChI=1S/C19H13F4N5O2/c20-13(21)9-30-18-25-17-14(10-4-6-11(7-5-10)16(22)23)15(12-3-1-2-8-24-12)27-28(17)19(29)26-18/h1-8,13,16H,9H2,(H,25,26,29). The summed E-state index contributed by atoms with van der Waals surface area (Å²) >= 11 is 0. The molecule has 154 valence electrons. The number of pyridine rings is 1. The summed E-state index contributed by atoms with van der Waals surface area (Å²) in [6, 6.07) is 10.0. The van der Waals surface area contributed by atoms with E-state index in [2.05, 4.69) is 20.1 Å². The molecule has 0 aliphatic rings. The van der Waals surface area contributed by atoms with Crippen LogP contribution in [0.1, 0.15) is 12.0 Å². The Bertz CT molecular complexity index is 1220. The minimum atomic E-state index is -2.76. The van der Waals surface area contributed by atoms with E-state index in [1.165, 1.54) is 30.5 Å². The first-order valence-corrected chi connectivity index (χ1v) is 8.68. The van der Waals surface area contributed by atoms with Crippen LogP contribution in [0.15, 0.2) is 53.5 Å². The third-order valence-electron chi connectivity index (χ3n) is 4.18. The van der Waals surface area contributed by atoms with Crippen LogP contribution in [0.2, 0.25) is 0 Å². The molecular formula is C19H13F4N5O2. The van der Waals surface area contributed by atoms with Gasteiger partial charge in [-0.25, -0.2) is 22.4 Å². The van der Waals surface area contributed by atoms with E-state index in [1.54, 1.807) is 18.2 Å². The summed E-state index contributed by atoms with van der Waals surface area (Å²) in [6.07, 6.45) is -3.88. The van der Waals surface area contributed by atoms with Crippen molar-refractivity contribution in [2.24, 2.45) is 0 Å². The number of rotatable bonds is 6. The summed E-state index contributed by atoms with van der Waals surface area (Å²) in [5.41, 5.74) is 0.497. The number of halogens is 4. The lowest BCUT2D eigenvalue weighted by Gasteiger charge is -2.06. The number of hydrogen-bond donors (Lipinski definition) is 1. The molecule has 0 saturated carbocycles. The zero-order valence-corrected chi connectivity index (χ0v) is 15.1. The van der Waals surface area contributed by atoms with Crippen LogP contribution in [0.25, 0.3) is 28.2 Å². The molecule has 0 spiro atoms. The number of aromatic amines is 1. The molecule has 0 unspecified atom stereocenters. The molecule has 0 radical (unpaired) electrons. The van der Waals surface area contributed by atoms with Crippen LogP contribution in [0.3, 0.4) is 0 Å². The van der Waals surface area contributed by atoms with E-state index in [1.807, 2.05) is 0 Å². The zero-order chi connectivity index (χ0) is 21.3. The minimum absolute atomic E-state index is 0.00784. The number of alkyl halides is 4. The van der Waals surface area contributed by atoms with Gasteiger partial charge in [-0.2, -0.15) is 14.6 Å². The zero-order valence-electron chi connectivity index (χ0n) is 15.1. The lowest BCUT2D eigenvalue weighted by Crippen LogP contribution is -2.21. The highest BCUT2D eigenvalue weighted by atomic mass is 19.3. The first kappa shape index (κ1) is 19.6. The quantitative estimate of drug-likeness (QED) is 0.482. The average molecular weight is 419 g/mol. The van der Waals surface area contributed by atoms with Crippen molar-refractivity contribution in [3.05, 3.63) is 64.7 Å². The van der Waals surface area contributed by atoms with Gasteiger partial charge < -0.3 is 4.74 Å². The minimum Gasteiger partial charge on any atom is -0.459 e. The number of hydrogen-bond acceptors (Lipinski definition) is 5. The molecule has 30 heavy (non-hydrogen) atoms. The normalized spacial score (nSPS) is 11.5. The molecule has 4 aromatic rings. The van der Waals surface area contributed by atoms with Gasteiger partial charge in [0.2, 0.25) is 0 Å². The van der Waals surface area contributed by atoms with Gasteiger partial charge in [0.25, 0.3) is 18.9 Å². The molecule has 0 saturated heterocycles. The van der Waals surface area contributed by atoms with E-state index in [9.17, 15) is 22.4 Å². The van der Waals surface area contributed by atoms with Gasteiger partial charge in [-0.15, -0.1) is 0 Å². The van der Waals surface area contributed by atoms with E-state index >= 15 is 0 Å². The van der Waals surface area contributed by atoms with Gasteiger partial charge in [0, 0.05) is 11.8 Å². The summed E-state index contributed by atoms with van der Waals surface area (Å²) in [7, 11) is 0. The largest absolute Gasteiger partial charge is 0.459 e. The molecule has 4 rings (SSSR count). The van der Waals surface area contributed by atoms with Crippen molar-refractivity contribution in [1.82, 2.24) is 24.6 Å². The molecule has 0 fully saturated rings. The van der Waals surface area contributed by atoms with Crippen molar-refractivity contribution in [3.8, 4) is 28.5 Å². The van der Waals surface area contributed by atoms with Gasteiger partial charge in [0.1, 0.15) is 5.69 Å². The smallest absolute Gasteiger partial charge is 0.352 e. The first-order valence-electron chi connectivity index (χ1n) is 8.68. The van der Waals surface area contributed by atoms with E-state index in [0.717, 1.165) is 4.52 Å². The van der Waals surface area contributed by atoms with Crippen molar-refractivity contribution in [1.29, 1.82) is 0 Å². The third kappa shape index (κ3) is 3.73. The number of aromatic nitrogens is 5. The van der Waals surface area contributed by atoms with E-state index in [-0.39, 0.29) is 16.9 Å². The van der Waals surface area contributed by atoms with Gasteiger partial charge in [0.05, 0.1) is 11.3 Å². The van der Waals surface area contributed by atoms with Crippen molar-refractivity contribution >= 4 is 5.65 Å². The second-order valence-corrected chi connectivity index (χ2v) is 6.15. The molecule has 0 amide bonds. The number of ether oxygens (including phenoxy) is 1. The fourth-order valence-electron chi connectivity index (χ4n) is 2.88. The number of benzene rings is 1. The van der Waals surface area contributed by atoms with Crippen molar-refractivity contribution in [3.63, 3.8) is 0 Å². The SMILES string of the molecule is O=c1[nH]c(OCC(F)F)nc2c(-c3ccc(C(F)F)cc3)c(-c3ccccn3)nn12. The van der Waals surface area contributed by atoms with Crippen molar-refractivity contribution in [2.45, 2.75) is 12.9 Å². The van der Waals surface area contributed by atoms with Crippen molar-refractivity contribution in [2.75, 3.05) is 6.61 Å². The third-order valence-corrected chi connectivity index (χ3v) is 4.18. The highest BCUT2D eigenvalue weighted by Crippen LogP contribution is 2.34. The fourth-order valence-corrected chi connectivity index (χ4v) is 2.88. The van der Waals surface area contributed by atoms with Gasteiger partial charge in [-0.05, 0) is 17.7 Å². The monoisotopic (exact) mass is 419 g/mol. The van der Waals surface area contributed by atoms with Crippen LogP contribution >= 0.6 is 0 Å². The maximum Gasteiger partial charge on any atom is 0.352 e. The lowest BCUT2D eigenvalue weighted by atomic mass is 10.0. The average Bonchev–Trinajstić information content (AvgIpc) is 3.13. The highest BCUT2D eigenvalue weighted by molar-refractivity contribution is 5.89. The Labute approximate surface area is 166 Å². The number of H-pyrrole nitrogens is 1. The predicted molar refractivity (Wildman–Crippen MR) is 98.7 cm³/mol. The molecule has 3 heterocycles. The second-order valence-electron chi connectivity index (χ2n) is 6.15. The molecule has 1 aromatic carbocycles. The Morgan fingerprint density at radius 2 is 1.83 bits per heavy atom. The molecule has 3 aromatic heterocycles. The Kier molecular flexibility index (Phi) is 5.17. The maximum absolute atomic E-state index is 12.9. The van der Waals surface area contributed by atoms with Crippen LogP contribution in [0.5, 0.6) is 6.01 Å². The number of nitrogens with one attached hydrogen (secondary N) is 1. The lowest BCUT2D eigenvalue weighted by molar-refractivity contribution is 0.0768. The maximum atomic E-state index is 12.9. The molecule has 0 aliphatic carbocycles. The van der Waals surface area contributed by atoms with Crippen molar-refractivity contribution < 1.29 is 22.3 Å². The number of nitrogens with zero attached hydrogens (tertiary/aromatic N) is 4. The summed E-state index contributed by atoms with van der Waals surface area (Å²) in [5, 5.41) is 4.25. The van der Waals surface area contributed by atoms with Gasteiger partial charge in [0.15, 0.2) is 12.3 Å². The topological polar surface area (TPSA) is 85.2 Å². The van der Waals surface area contributed by atoms with Gasteiger partial charge in [-0.1, -0.05) is 30.3 Å². The first-order chi connectivity index (χ1) is 14.4. The van der Waals surface area contributed by atoms with Crippen LogP contribution in [0.4, 0.5) is 17.6 Å².